The number of hydrogen-bond donors (Lipinski definition) is 1. The second-order valence-corrected chi connectivity index (χ2v) is 5.78. The zero-order chi connectivity index (χ0) is 13.2. The Morgan fingerprint density at radius 1 is 1.21 bits per heavy atom. The smallest absolute Gasteiger partial charge is 0.0704 e. The van der Waals surface area contributed by atoms with Gasteiger partial charge in [0.25, 0.3) is 0 Å². The number of para-hydroxylation sites is 1. The van der Waals surface area contributed by atoms with Crippen LogP contribution < -0.4 is 5.32 Å². The van der Waals surface area contributed by atoms with Crippen molar-refractivity contribution in [1.29, 1.82) is 0 Å². The molecule has 3 atom stereocenters. The van der Waals surface area contributed by atoms with E-state index in [1.54, 1.807) is 0 Å². The number of hydrogen-bond acceptors (Lipinski definition) is 2. The quantitative estimate of drug-likeness (QED) is 0.908. The molecule has 1 fully saturated rings. The fraction of sp³-hybridized carbons (Fsp3) is 0.471. The van der Waals surface area contributed by atoms with Gasteiger partial charge in [-0.25, -0.2) is 0 Å². The van der Waals surface area contributed by atoms with Crippen molar-refractivity contribution in [2.75, 3.05) is 7.05 Å². The van der Waals surface area contributed by atoms with Crippen molar-refractivity contribution >= 4 is 10.9 Å². The van der Waals surface area contributed by atoms with E-state index in [0.717, 1.165) is 17.4 Å². The zero-order valence-corrected chi connectivity index (χ0v) is 11.8. The second kappa shape index (κ2) is 5.30. The molecule has 1 aliphatic rings. The van der Waals surface area contributed by atoms with Crippen LogP contribution in [0.5, 0.6) is 0 Å². The third-order valence-corrected chi connectivity index (χ3v) is 4.82. The Balaban J connectivity index is 1.86. The standard InChI is InChI=1S/C17H22N2/c1-12-13(7-8-16(12)18-2)11-14-9-10-19-17-6-4-3-5-15(14)17/h3-6,9-10,12-13,16,18H,7-8,11H2,1-2H3. The normalized spacial score (nSPS) is 26.9. The van der Waals surface area contributed by atoms with Gasteiger partial charge < -0.3 is 5.32 Å². The Morgan fingerprint density at radius 2 is 2.05 bits per heavy atom. The molecule has 0 saturated heterocycles. The van der Waals surface area contributed by atoms with E-state index in [4.69, 9.17) is 0 Å². The molecule has 1 N–H and O–H groups in total. The van der Waals surface area contributed by atoms with Crippen LogP contribution in [0.3, 0.4) is 0 Å². The zero-order valence-electron chi connectivity index (χ0n) is 11.8. The van der Waals surface area contributed by atoms with Crippen LogP contribution in [0.2, 0.25) is 0 Å². The average molecular weight is 254 g/mol. The van der Waals surface area contributed by atoms with Gasteiger partial charge >= 0.3 is 0 Å². The highest BCUT2D eigenvalue weighted by molar-refractivity contribution is 5.81. The largest absolute Gasteiger partial charge is 0.317 e. The lowest BCUT2D eigenvalue weighted by Crippen LogP contribution is -2.29. The van der Waals surface area contributed by atoms with Gasteiger partial charge in [-0.05, 0) is 55.8 Å². The Morgan fingerprint density at radius 3 is 2.84 bits per heavy atom. The van der Waals surface area contributed by atoms with Crippen LogP contribution in [0.1, 0.15) is 25.3 Å². The van der Waals surface area contributed by atoms with Gasteiger partial charge in [-0.2, -0.15) is 0 Å². The van der Waals surface area contributed by atoms with Crippen molar-refractivity contribution in [3.63, 3.8) is 0 Å². The van der Waals surface area contributed by atoms with Crippen LogP contribution >= 0.6 is 0 Å². The van der Waals surface area contributed by atoms with E-state index in [0.29, 0.717) is 6.04 Å². The molecule has 2 heteroatoms. The van der Waals surface area contributed by atoms with Gasteiger partial charge in [0, 0.05) is 17.6 Å². The van der Waals surface area contributed by atoms with Gasteiger partial charge in [0.1, 0.15) is 0 Å². The van der Waals surface area contributed by atoms with Crippen LogP contribution in [0, 0.1) is 11.8 Å². The fourth-order valence-electron chi connectivity index (χ4n) is 3.56. The third kappa shape index (κ3) is 2.37. The molecule has 2 nitrogen and oxygen atoms in total. The van der Waals surface area contributed by atoms with Crippen molar-refractivity contribution < 1.29 is 0 Å². The number of nitrogens with one attached hydrogen (secondary N) is 1. The summed E-state index contributed by atoms with van der Waals surface area (Å²) in [4.78, 5) is 4.45. The van der Waals surface area contributed by atoms with Crippen LogP contribution in [-0.2, 0) is 6.42 Å². The van der Waals surface area contributed by atoms with Gasteiger partial charge in [0.05, 0.1) is 5.52 Å². The molecule has 1 aromatic carbocycles. The Labute approximate surface area is 115 Å². The predicted molar refractivity (Wildman–Crippen MR) is 80.2 cm³/mol. The van der Waals surface area contributed by atoms with Gasteiger partial charge in [0.2, 0.25) is 0 Å². The van der Waals surface area contributed by atoms with E-state index in [1.165, 1.54) is 30.2 Å². The highest BCUT2D eigenvalue weighted by atomic mass is 14.9. The molecule has 0 spiro atoms. The summed E-state index contributed by atoms with van der Waals surface area (Å²) in [5.74, 6) is 1.56. The first-order chi connectivity index (χ1) is 9.29. The van der Waals surface area contributed by atoms with Crippen molar-refractivity contribution in [2.24, 2.45) is 11.8 Å². The lowest BCUT2D eigenvalue weighted by atomic mass is 9.88. The highest BCUT2D eigenvalue weighted by Crippen LogP contribution is 2.35. The summed E-state index contributed by atoms with van der Waals surface area (Å²) >= 11 is 0. The van der Waals surface area contributed by atoms with Crippen LogP contribution in [0.15, 0.2) is 36.5 Å². The maximum atomic E-state index is 4.45. The molecule has 1 heterocycles. The Bertz CT molecular complexity index is 559. The van der Waals surface area contributed by atoms with E-state index < -0.39 is 0 Å². The summed E-state index contributed by atoms with van der Waals surface area (Å²) in [6.07, 6.45) is 5.78. The molecule has 3 rings (SSSR count). The van der Waals surface area contributed by atoms with Crippen molar-refractivity contribution in [2.45, 2.75) is 32.2 Å². The number of rotatable bonds is 3. The lowest BCUT2D eigenvalue weighted by molar-refractivity contribution is 0.364. The Hall–Kier alpha value is -1.41. The summed E-state index contributed by atoms with van der Waals surface area (Å²) in [6.45, 7) is 2.39. The molecule has 2 aromatic rings. The number of benzene rings is 1. The first-order valence-corrected chi connectivity index (χ1v) is 7.29. The number of pyridine rings is 1. The van der Waals surface area contributed by atoms with E-state index in [9.17, 15) is 0 Å². The van der Waals surface area contributed by atoms with Gasteiger partial charge in [-0.15, -0.1) is 0 Å². The molecule has 1 aromatic heterocycles. The van der Waals surface area contributed by atoms with E-state index in [1.807, 2.05) is 6.20 Å². The first kappa shape index (κ1) is 12.6. The first-order valence-electron chi connectivity index (χ1n) is 7.29. The summed E-state index contributed by atoms with van der Waals surface area (Å²) in [7, 11) is 2.09. The summed E-state index contributed by atoms with van der Waals surface area (Å²) in [6, 6.07) is 11.4. The summed E-state index contributed by atoms with van der Waals surface area (Å²) in [5, 5.41) is 4.78. The molecule has 100 valence electrons. The maximum Gasteiger partial charge on any atom is 0.0704 e. The lowest BCUT2D eigenvalue weighted by Gasteiger charge is -2.20. The molecular weight excluding hydrogens is 232 g/mol. The van der Waals surface area contributed by atoms with Gasteiger partial charge in [-0.1, -0.05) is 25.1 Å². The Kier molecular flexibility index (Phi) is 3.52. The third-order valence-electron chi connectivity index (χ3n) is 4.82. The second-order valence-electron chi connectivity index (χ2n) is 5.78. The topological polar surface area (TPSA) is 24.9 Å². The highest BCUT2D eigenvalue weighted by Gasteiger charge is 2.31. The minimum absolute atomic E-state index is 0.693. The molecule has 0 bridgehead atoms. The van der Waals surface area contributed by atoms with Crippen molar-refractivity contribution in [3.8, 4) is 0 Å². The molecule has 0 radical (unpaired) electrons. The average Bonchev–Trinajstić information content (AvgIpc) is 2.80. The van der Waals surface area contributed by atoms with E-state index in [-0.39, 0.29) is 0 Å². The predicted octanol–water partition coefficient (Wildman–Crippen LogP) is 3.41. The molecule has 0 aliphatic heterocycles. The SMILES string of the molecule is CNC1CCC(Cc2ccnc3ccccc23)C1C. The molecule has 0 amide bonds. The minimum Gasteiger partial charge on any atom is -0.317 e. The van der Waals surface area contributed by atoms with E-state index >= 15 is 0 Å². The maximum absolute atomic E-state index is 4.45. The minimum atomic E-state index is 0.693. The van der Waals surface area contributed by atoms with Crippen molar-refractivity contribution in [1.82, 2.24) is 10.3 Å². The molecule has 1 aliphatic carbocycles. The molecule has 19 heavy (non-hydrogen) atoms. The van der Waals surface area contributed by atoms with Crippen molar-refractivity contribution in [3.05, 3.63) is 42.1 Å². The van der Waals surface area contributed by atoms with Crippen LogP contribution in [-0.4, -0.2) is 18.1 Å². The fourth-order valence-corrected chi connectivity index (χ4v) is 3.56. The van der Waals surface area contributed by atoms with Gasteiger partial charge in [0.15, 0.2) is 0 Å². The summed E-state index contributed by atoms with van der Waals surface area (Å²) in [5.41, 5.74) is 2.58. The molecule has 1 saturated carbocycles. The number of nitrogens with zero attached hydrogens (tertiary/aromatic N) is 1. The summed E-state index contributed by atoms with van der Waals surface area (Å²) < 4.78 is 0. The van der Waals surface area contributed by atoms with Crippen LogP contribution in [0.25, 0.3) is 10.9 Å². The van der Waals surface area contributed by atoms with E-state index in [2.05, 4.69) is 54.6 Å². The number of aromatic nitrogens is 1. The molecule has 3 unspecified atom stereocenters. The van der Waals surface area contributed by atoms with Crippen LogP contribution in [0.4, 0.5) is 0 Å². The molecular formula is C17H22N2. The number of fused-ring (bicyclic) bond motifs is 1. The monoisotopic (exact) mass is 254 g/mol. The van der Waals surface area contributed by atoms with Gasteiger partial charge in [-0.3, -0.25) is 4.98 Å².